The smallest absolute Gasteiger partial charge is 0.306 e. The molecule has 0 aliphatic heterocycles. The molecule has 83 heavy (non-hydrogen) atoms. The van der Waals surface area contributed by atoms with E-state index in [1.807, 2.05) is 0 Å². The van der Waals surface area contributed by atoms with E-state index in [0.717, 1.165) is 96.3 Å². The minimum Gasteiger partial charge on any atom is -0.462 e. The predicted molar refractivity (Wildman–Crippen MR) is 362 cm³/mol. The van der Waals surface area contributed by atoms with Crippen LogP contribution in [0.1, 0.15) is 367 Å². The summed E-state index contributed by atoms with van der Waals surface area (Å²) >= 11 is 0. The third-order valence-electron chi connectivity index (χ3n) is 15.9. The lowest BCUT2D eigenvalue weighted by Crippen LogP contribution is -2.30. The van der Waals surface area contributed by atoms with Crippen molar-refractivity contribution < 1.29 is 28.6 Å². The molecule has 0 bridgehead atoms. The molecular formula is C77H136O6. The fourth-order valence-corrected chi connectivity index (χ4v) is 10.5. The number of unbranched alkanes of at least 4 members (excludes halogenated alkanes) is 41. The highest BCUT2D eigenvalue weighted by Crippen LogP contribution is 2.18. The lowest BCUT2D eigenvalue weighted by molar-refractivity contribution is -0.167. The van der Waals surface area contributed by atoms with Gasteiger partial charge in [-0.3, -0.25) is 14.4 Å². The van der Waals surface area contributed by atoms with E-state index in [9.17, 15) is 14.4 Å². The van der Waals surface area contributed by atoms with Crippen LogP contribution in [0.2, 0.25) is 0 Å². The largest absolute Gasteiger partial charge is 0.462 e. The van der Waals surface area contributed by atoms with Crippen molar-refractivity contribution in [3.05, 3.63) is 85.1 Å². The molecule has 0 aromatic carbocycles. The van der Waals surface area contributed by atoms with Gasteiger partial charge in [0.15, 0.2) is 6.10 Å². The molecule has 0 aromatic rings. The molecule has 1 unspecified atom stereocenters. The van der Waals surface area contributed by atoms with Gasteiger partial charge in [0.1, 0.15) is 13.2 Å². The zero-order valence-corrected chi connectivity index (χ0v) is 55.2. The van der Waals surface area contributed by atoms with E-state index >= 15 is 0 Å². The molecular weight excluding hydrogens is 1020 g/mol. The van der Waals surface area contributed by atoms with Gasteiger partial charge in [-0.1, -0.05) is 318 Å². The number of esters is 3. The van der Waals surface area contributed by atoms with Gasteiger partial charge in [-0.05, 0) is 116 Å². The number of hydrogen-bond donors (Lipinski definition) is 0. The fourth-order valence-electron chi connectivity index (χ4n) is 10.5. The van der Waals surface area contributed by atoms with E-state index in [1.165, 1.54) is 231 Å². The first-order chi connectivity index (χ1) is 41.0. The van der Waals surface area contributed by atoms with Crippen LogP contribution in [0, 0.1) is 0 Å². The molecule has 0 spiro atoms. The Bertz CT molecular complexity index is 1570. The number of rotatable bonds is 66. The second-order valence-electron chi connectivity index (χ2n) is 24.1. The van der Waals surface area contributed by atoms with Crippen molar-refractivity contribution in [1.29, 1.82) is 0 Å². The Morgan fingerprint density at radius 3 is 0.759 bits per heavy atom. The molecule has 0 amide bonds. The molecule has 0 fully saturated rings. The summed E-state index contributed by atoms with van der Waals surface area (Å²) in [6.07, 6.45) is 94.7. The normalized spacial score (nSPS) is 12.6. The van der Waals surface area contributed by atoms with Crippen LogP contribution in [0.3, 0.4) is 0 Å². The highest BCUT2D eigenvalue weighted by Gasteiger charge is 2.19. The molecule has 0 aromatic heterocycles. The topological polar surface area (TPSA) is 78.9 Å². The van der Waals surface area contributed by atoms with Crippen molar-refractivity contribution in [2.75, 3.05) is 13.2 Å². The summed E-state index contributed by atoms with van der Waals surface area (Å²) in [4.78, 5) is 38.4. The SMILES string of the molecule is CC/C=C\C/C=C\C/C=C\C/C=C\CCCCCCCCCCCCCCCCCCC(=O)OCC(COC(=O)CCCCCCC/C=C\CCCCCC)OC(=O)CCCCCCCCCCCCC/C=C\C/C=C\CCCCCCC. The summed E-state index contributed by atoms with van der Waals surface area (Å²) < 4.78 is 17.0. The van der Waals surface area contributed by atoms with E-state index in [4.69, 9.17) is 14.2 Å². The maximum atomic E-state index is 13.0. The fraction of sp³-hybridized carbons (Fsp3) is 0.779. The molecule has 1 atom stereocenters. The molecule has 0 saturated carbocycles. The second-order valence-corrected chi connectivity index (χ2v) is 24.1. The molecule has 0 heterocycles. The highest BCUT2D eigenvalue weighted by molar-refractivity contribution is 5.71. The summed E-state index contributed by atoms with van der Waals surface area (Å²) in [5.74, 6) is -0.868. The Morgan fingerprint density at radius 1 is 0.253 bits per heavy atom. The zero-order valence-electron chi connectivity index (χ0n) is 55.2. The van der Waals surface area contributed by atoms with E-state index in [2.05, 4.69) is 106 Å². The Labute approximate surface area is 515 Å². The van der Waals surface area contributed by atoms with Gasteiger partial charge >= 0.3 is 17.9 Å². The van der Waals surface area contributed by atoms with Gasteiger partial charge < -0.3 is 14.2 Å². The highest BCUT2D eigenvalue weighted by atomic mass is 16.6. The Morgan fingerprint density at radius 2 is 0.470 bits per heavy atom. The summed E-state index contributed by atoms with van der Waals surface area (Å²) in [5.41, 5.74) is 0. The van der Waals surface area contributed by atoms with Gasteiger partial charge in [0.25, 0.3) is 0 Å². The third kappa shape index (κ3) is 69.3. The van der Waals surface area contributed by atoms with Crippen molar-refractivity contribution in [3.8, 4) is 0 Å². The number of ether oxygens (including phenoxy) is 3. The van der Waals surface area contributed by atoms with Crippen molar-refractivity contribution in [2.45, 2.75) is 374 Å². The zero-order chi connectivity index (χ0) is 59.9. The van der Waals surface area contributed by atoms with E-state index < -0.39 is 6.10 Å². The number of allylic oxidation sites excluding steroid dienone is 14. The van der Waals surface area contributed by atoms with Crippen LogP contribution in [-0.2, 0) is 28.6 Å². The Balaban J connectivity index is 4.24. The van der Waals surface area contributed by atoms with Gasteiger partial charge in [0.05, 0.1) is 0 Å². The van der Waals surface area contributed by atoms with Crippen molar-refractivity contribution >= 4 is 17.9 Å². The minimum atomic E-state index is -0.781. The van der Waals surface area contributed by atoms with Crippen LogP contribution in [0.4, 0.5) is 0 Å². The summed E-state index contributed by atoms with van der Waals surface area (Å²) in [6.45, 7) is 6.54. The Kier molecular flexibility index (Phi) is 68.2. The molecule has 0 saturated heterocycles. The van der Waals surface area contributed by atoms with E-state index in [1.54, 1.807) is 0 Å². The first-order valence-corrected chi connectivity index (χ1v) is 36.1. The number of hydrogen-bond acceptors (Lipinski definition) is 6. The van der Waals surface area contributed by atoms with Crippen LogP contribution in [0.15, 0.2) is 85.1 Å². The van der Waals surface area contributed by atoms with Crippen LogP contribution < -0.4 is 0 Å². The standard InChI is InChI=1S/C77H136O6/c1-4-7-10-13-16-19-22-25-27-29-31-33-35-36-37-38-39-40-42-43-45-47-49-52-55-58-61-64-67-70-76(79)82-73-74(72-81-75(78)69-66-63-60-57-54-51-24-21-18-15-12-9-6-3)83-77(80)71-68-65-62-59-56-53-50-48-46-44-41-34-32-30-28-26-23-20-17-14-11-8-5-2/h7,10,16,19,21,23-27,30-33,74H,4-6,8-9,11-15,17-18,20,22,28-29,34-73H2,1-3H3/b10-7-,19-16-,24-21-,26-23-,27-25-,32-30-,33-31-. The molecule has 0 aliphatic carbocycles. The molecule has 480 valence electrons. The number of carbonyl (C=O) groups excluding carboxylic acids is 3. The lowest BCUT2D eigenvalue weighted by atomic mass is 10.0. The summed E-state index contributed by atoms with van der Waals surface area (Å²) in [6, 6.07) is 0. The van der Waals surface area contributed by atoms with E-state index in [0.29, 0.717) is 19.3 Å². The van der Waals surface area contributed by atoms with E-state index in [-0.39, 0.29) is 31.1 Å². The summed E-state index contributed by atoms with van der Waals surface area (Å²) in [7, 11) is 0. The molecule has 0 aliphatic rings. The third-order valence-corrected chi connectivity index (χ3v) is 15.9. The predicted octanol–water partition coefficient (Wildman–Crippen LogP) is 25.0. The molecule has 0 rings (SSSR count). The minimum absolute atomic E-state index is 0.0763. The van der Waals surface area contributed by atoms with Crippen molar-refractivity contribution in [2.24, 2.45) is 0 Å². The quantitative estimate of drug-likeness (QED) is 0.0261. The van der Waals surface area contributed by atoms with Crippen molar-refractivity contribution in [1.82, 2.24) is 0 Å². The van der Waals surface area contributed by atoms with Crippen LogP contribution >= 0.6 is 0 Å². The van der Waals surface area contributed by atoms with Gasteiger partial charge in [0, 0.05) is 19.3 Å². The first-order valence-electron chi connectivity index (χ1n) is 36.1. The molecule has 0 radical (unpaired) electrons. The number of carbonyl (C=O) groups is 3. The first kappa shape index (κ1) is 79.6. The van der Waals surface area contributed by atoms with Crippen LogP contribution in [-0.4, -0.2) is 37.2 Å². The second kappa shape index (κ2) is 71.1. The maximum absolute atomic E-state index is 13.0. The Hall–Kier alpha value is -3.41. The average molecular weight is 1160 g/mol. The monoisotopic (exact) mass is 1160 g/mol. The molecule has 6 heteroatoms. The molecule has 0 N–H and O–H groups in total. The average Bonchev–Trinajstić information content (AvgIpc) is 3.49. The summed E-state index contributed by atoms with van der Waals surface area (Å²) in [5, 5.41) is 0. The van der Waals surface area contributed by atoms with Crippen LogP contribution in [0.5, 0.6) is 0 Å². The van der Waals surface area contributed by atoms with Gasteiger partial charge in [-0.2, -0.15) is 0 Å². The lowest BCUT2D eigenvalue weighted by Gasteiger charge is -2.18. The maximum Gasteiger partial charge on any atom is 0.306 e. The van der Waals surface area contributed by atoms with Gasteiger partial charge in [-0.25, -0.2) is 0 Å². The molecule has 6 nitrogen and oxygen atoms in total. The van der Waals surface area contributed by atoms with Crippen LogP contribution in [0.25, 0.3) is 0 Å². The van der Waals surface area contributed by atoms with Gasteiger partial charge in [-0.15, -0.1) is 0 Å². The van der Waals surface area contributed by atoms with Crippen molar-refractivity contribution in [3.63, 3.8) is 0 Å². The van der Waals surface area contributed by atoms with Gasteiger partial charge in [0.2, 0.25) is 0 Å².